The Labute approximate surface area is 177 Å². The van der Waals surface area contributed by atoms with Crippen molar-refractivity contribution in [2.75, 3.05) is 11.4 Å². The van der Waals surface area contributed by atoms with Gasteiger partial charge < -0.3 is 4.90 Å². The molecule has 1 N–H and O–H groups in total. The molecule has 1 heterocycles. The second kappa shape index (κ2) is 7.79. The first-order chi connectivity index (χ1) is 14.4. The molecule has 1 aliphatic heterocycles. The average Bonchev–Trinajstić information content (AvgIpc) is 2.73. The lowest BCUT2D eigenvalue weighted by Crippen LogP contribution is -2.44. The molecule has 1 amide bonds. The van der Waals surface area contributed by atoms with Gasteiger partial charge in [-0.1, -0.05) is 42.5 Å². The second-order valence-corrected chi connectivity index (χ2v) is 8.26. The van der Waals surface area contributed by atoms with Crippen LogP contribution in [0, 0.1) is 0 Å². The molecule has 3 aromatic carbocycles. The van der Waals surface area contributed by atoms with Crippen molar-refractivity contribution in [2.45, 2.75) is 33.2 Å². The van der Waals surface area contributed by atoms with E-state index in [-0.39, 0.29) is 11.4 Å². The Hall–Kier alpha value is -3.40. The van der Waals surface area contributed by atoms with Gasteiger partial charge in [-0.05, 0) is 73.9 Å². The van der Waals surface area contributed by atoms with Crippen LogP contribution in [0.2, 0.25) is 0 Å². The number of carbonyl (C=O) groups excluding carboxylic acids is 1. The summed E-state index contributed by atoms with van der Waals surface area (Å²) < 4.78 is 0. The van der Waals surface area contributed by atoms with Gasteiger partial charge in [0.25, 0.3) is 5.91 Å². The van der Waals surface area contributed by atoms with E-state index in [0.29, 0.717) is 5.56 Å². The first-order valence-corrected chi connectivity index (χ1v) is 10.3. The first kappa shape index (κ1) is 19.9. The van der Waals surface area contributed by atoms with Crippen molar-refractivity contribution in [3.8, 4) is 0 Å². The maximum atomic E-state index is 12.5. The highest BCUT2D eigenvalue weighted by atomic mass is 16.2. The number of allylic oxidation sites excluding steroid dienone is 1. The highest BCUT2D eigenvalue weighted by molar-refractivity contribution is 5.99. The molecule has 30 heavy (non-hydrogen) atoms. The quantitative estimate of drug-likeness (QED) is 0.458. The van der Waals surface area contributed by atoms with Gasteiger partial charge in [0.05, 0.1) is 11.8 Å². The fraction of sp³-hybridized carbons (Fsp3) is 0.231. The monoisotopic (exact) mass is 397 g/mol. The van der Waals surface area contributed by atoms with Gasteiger partial charge in [0.15, 0.2) is 0 Å². The maximum Gasteiger partial charge on any atom is 0.271 e. The van der Waals surface area contributed by atoms with Crippen LogP contribution in [0.1, 0.15) is 49.2 Å². The number of benzene rings is 3. The van der Waals surface area contributed by atoms with Crippen molar-refractivity contribution < 1.29 is 4.79 Å². The predicted octanol–water partition coefficient (Wildman–Crippen LogP) is 5.63. The van der Waals surface area contributed by atoms with Gasteiger partial charge in [-0.25, -0.2) is 5.43 Å². The fourth-order valence-electron chi connectivity index (χ4n) is 4.32. The smallest absolute Gasteiger partial charge is 0.271 e. The Morgan fingerprint density at radius 1 is 1.07 bits per heavy atom. The molecule has 0 bridgehead atoms. The van der Waals surface area contributed by atoms with Gasteiger partial charge in [-0.15, -0.1) is 0 Å². The summed E-state index contributed by atoms with van der Waals surface area (Å²) in [6.45, 7) is 9.74. The van der Waals surface area contributed by atoms with E-state index >= 15 is 0 Å². The molecule has 0 fully saturated rings. The molecule has 152 valence electrons. The lowest BCUT2D eigenvalue weighted by atomic mass is 9.88. The molecule has 0 atom stereocenters. The zero-order chi connectivity index (χ0) is 21.3. The van der Waals surface area contributed by atoms with Crippen LogP contribution in [0.15, 0.2) is 71.8 Å². The zero-order valence-electron chi connectivity index (χ0n) is 17.9. The number of nitrogens with zero attached hydrogens (tertiary/aromatic N) is 2. The van der Waals surface area contributed by atoms with Crippen molar-refractivity contribution in [3.63, 3.8) is 0 Å². The lowest BCUT2D eigenvalue weighted by molar-refractivity contribution is 0.0955. The number of hydrogen-bond acceptors (Lipinski definition) is 3. The predicted molar refractivity (Wildman–Crippen MR) is 126 cm³/mol. The van der Waals surface area contributed by atoms with Crippen molar-refractivity contribution in [1.29, 1.82) is 0 Å². The minimum absolute atomic E-state index is 0.00469. The van der Waals surface area contributed by atoms with Gasteiger partial charge in [0.2, 0.25) is 0 Å². The van der Waals surface area contributed by atoms with Crippen LogP contribution >= 0.6 is 0 Å². The molecule has 4 heteroatoms. The normalized spacial score (nSPS) is 15.2. The number of rotatable bonds is 4. The third-order valence-corrected chi connectivity index (χ3v) is 5.71. The van der Waals surface area contributed by atoms with Crippen LogP contribution in [0.5, 0.6) is 0 Å². The van der Waals surface area contributed by atoms with Crippen LogP contribution in [-0.2, 0) is 0 Å². The van der Waals surface area contributed by atoms with E-state index in [9.17, 15) is 4.79 Å². The molecule has 0 aromatic heterocycles. The largest absolute Gasteiger partial charge is 0.363 e. The number of likely N-dealkylation sites (N-methyl/N-ethyl adjacent to an activating group) is 1. The Bertz CT molecular complexity index is 1170. The summed E-state index contributed by atoms with van der Waals surface area (Å²) in [7, 11) is 0. The minimum atomic E-state index is -0.218. The van der Waals surface area contributed by atoms with E-state index < -0.39 is 0 Å². The van der Waals surface area contributed by atoms with Crippen molar-refractivity contribution in [3.05, 3.63) is 83.4 Å². The highest BCUT2D eigenvalue weighted by Crippen LogP contribution is 2.38. The Morgan fingerprint density at radius 3 is 2.60 bits per heavy atom. The molecule has 0 spiro atoms. The zero-order valence-corrected chi connectivity index (χ0v) is 17.9. The Morgan fingerprint density at radius 2 is 1.83 bits per heavy atom. The van der Waals surface area contributed by atoms with E-state index in [1.807, 2.05) is 48.5 Å². The summed E-state index contributed by atoms with van der Waals surface area (Å²) in [5, 5.41) is 6.33. The van der Waals surface area contributed by atoms with E-state index in [1.165, 1.54) is 16.8 Å². The van der Waals surface area contributed by atoms with Crippen molar-refractivity contribution in [1.82, 2.24) is 5.43 Å². The topological polar surface area (TPSA) is 44.7 Å². The third-order valence-electron chi connectivity index (χ3n) is 5.71. The molecule has 0 radical (unpaired) electrons. The molecule has 3 aromatic rings. The number of fused-ring (bicyclic) bond motifs is 2. The third kappa shape index (κ3) is 3.73. The fourth-order valence-corrected chi connectivity index (χ4v) is 4.32. The second-order valence-electron chi connectivity index (χ2n) is 8.26. The Balaban J connectivity index is 1.52. The SMILES string of the molecule is CCN1c2ccc(/C=N\NC(=O)c3ccc4ccccc4c3)cc2C(C)=CC1(C)C. The molecule has 1 aliphatic rings. The van der Waals surface area contributed by atoms with Crippen LogP contribution in [0.4, 0.5) is 5.69 Å². The van der Waals surface area contributed by atoms with Gasteiger partial charge in [-0.2, -0.15) is 5.10 Å². The van der Waals surface area contributed by atoms with Gasteiger partial charge in [0.1, 0.15) is 0 Å². The maximum absolute atomic E-state index is 12.5. The number of anilines is 1. The molecule has 0 saturated carbocycles. The molecule has 0 saturated heterocycles. The number of nitrogens with one attached hydrogen (secondary N) is 1. The van der Waals surface area contributed by atoms with Crippen LogP contribution < -0.4 is 10.3 Å². The number of amides is 1. The average molecular weight is 398 g/mol. The number of carbonyl (C=O) groups is 1. The first-order valence-electron chi connectivity index (χ1n) is 10.3. The summed E-state index contributed by atoms with van der Waals surface area (Å²) in [6.07, 6.45) is 4.00. The molecule has 4 nitrogen and oxygen atoms in total. The van der Waals surface area contributed by atoms with Crippen molar-refractivity contribution in [2.24, 2.45) is 5.10 Å². The van der Waals surface area contributed by atoms with Gasteiger partial charge in [0, 0.05) is 23.4 Å². The van der Waals surface area contributed by atoms with Gasteiger partial charge >= 0.3 is 0 Å². The molecular weight excluding hydrogens is 370 g/mol. The highest BCUT2D eigenvalue weighted by Gasteiger charge is 2.29. The molecule has 0 unspecified atom stereocenters. The van der Waals surface area contributed by atoms with E-state index in [4.69, 9.17) is 0 Å². The standard InChI is InChI=1S/C26H27N3O/c1-5-29-24-13-10-19(14-23(24)18(2)16-26(29,3)4)17-27-28-25(30)22-12-11-20-8-6-7-9-21(20)15-22/h6-17H,5H2,1-4H3,(H,28,30)/b27-17-. The molecular formula is C26H27N3O. The summed E-state index contributed by atoms with van der Waals surface area (Å²) in [4.78, 5) is 14.9. The van der Waals surface area contributed by atoms with E-state index in [1.54, 1.807) is 6.21 Å². The molecule has 0 aliphatic carbocycles. The molecule has 4 rings (SSSR count). The summed E-state index contributed by atoms with van der Waals surface area (Å²) in [5.74, 6) is -0.218. The van der Waals surface area contributed by atoms with E-state index in [2.05, 4.69) is 61.3 Å². The lowest BCUT2D eigenvalue weighted by Gasteiger charge is -2.42. The summed E-state index contributed by atoms with van der Waals surface area (Å²) in [6, 6.07) is 20.0. The van der Waals surface area contributed by atoms with Crippen LogP contribution in [-0.4, -0.2) is 24.2 Å². The number of hydrazone groups is 1. The van der Waals surface area contributed by atoms with Crippen molar-refractivity contribution >= 4 is 34.2 Å². The van der Waals surface area contributed by atoms with Crippen LogP contribution in [0.3, 0.4) is 0 Å². The summed E-state index contributed by atoms with van der Waals surface area (Å²) in [5.41, 5.74) is 7.89. The van der Waals surface area contributed by atoms with Gasteiger partial charge in [-0.3, -0.25) is 4.79 Å². The Kier molecular flexibility index (Phi) is 5.17. The van der Waals surface area contributed by atoms with Crippen LogP contribution in [0.25, 0.3) is 16.3 Å². The van der Waals surface area contributed by atoms with E-state index in [0.717, 1.165) is 22.9 Å². The minimum Gasteiger partial charge on any atom is -0.363 e. The summed E-state index contributed by atoms with van der Waals surface area (Å²) >= 11 is 0. The number of hydrogen-bond donors (Lipinski definition) is 1.